The van der Waals surface area contributed by atoms with Crippen LogP contribution in [0.4, 0.5) is 0 Å². The van der Waals surface area contributed by atoms with Gasteiger partial charge >= 0.3 is 5.97 Å². The number of nitrogens with one attached hydrogen (secondary N) is 1. The van der Waals surface area contributed by atoms with Crippen molar-refractivity contribution >= 4 is 41.2 Å². The number of hydrogen-bond donors (Lipinski definition) is 2. The van der Waals surface area contributed by atoms with Crippen molar-refractivity contribution in [1.82, 2.24) is 5.32 Å². The summed E-state index contributed by atoms with van der Waals surface area (Å²) in [6.07, 6.45) is 1.31. The largest absolute Gasteiger partial charge is 0.477 e. The number of amides is 1. The van der Waals surface area contributed by atoms with Crippen molar-refractivity contribution in [2.24, 2.45) is 0 Å². The van der Waals surface area contributed by atoms with Crippen LogP contribution in [0.2, 0.25) is 10.0 Å². The van der Waals surface area contributed by atoms with E-state index in [0.717, 1.165) is 0 Å². The summed E-state index contributed by atoms with van der Waals surface area (Å²) in [7, 11) is 0. The third kappa shape index (κ3) is 5.38. The molecule has 0 aliphatic heterocycles. The predicted octanol–water partition coefficient (Wildman–Crippen LogP) is 5.64. The molecule has 0 atom stereocenters. The lowest BCUT2D eigenvalue weighted by molar-refractivity contribution is -0.132. The highest BCUT2D eigenvalue weighted by Gasteiger charge is 2.14. The molecule has 0 fully saturated rings. The fourth-order valence-corrected chi connectivity index (χ4v) is 2.84. The Morgan fingerprint density at radius 1 is 0.862 bits per heavy atom. The Bertz CT molecular complexity index is 1080. The first-order valence-electron chi connectivity index (χ1n) is 8.47. The van der Waals surface area contributed by atoms with Gasteiger partial charge in [0.05, 0.1) is 10.0 Å². The van der Waals surface area contributed by atoms with Crippen LogP contribution in [0, 0.1) is 0 Å². The number of ether oxygens (including phenoxy) is 1. The Hall–Kier alpha value is -3.28. The standard InChI is InChI=1S/C22H15Cl2NO4/c23-16-8-4-5-9-19(16)29-20-11-10-14(12-17(20)24)13-18(22(27)28)25-21(26)15-6-2-1-3-7-15/h1-13H,(H,25,26)(H,27,28). The summed E-state index contributed by atoms with van der Waals surface area (Å²) in [4.78, 5) is 23.8. The number of carbonyl (C=O) groups excluding carboxylic acids is 1. The van der Waals surface area contributed by atoms with E-state index in [0.29, 0.717) is 27.6 Å². The van der Waals surface area contributed by atoms with Crippen molar-refractivity contribution in [1.29, 1.82) is 0 Å². The Morgan fingerprint density at radius 2 is 1.52 bits per heavy atom. The van der Waals surface area contributed by atoms with Gasteiger partial charge in [-0.15, -0.1) is 0 Å². The highest BCUT2D eigenvalue weighted by Crippen LogP contribution is 2.34. The van der Waals surface area contributed by atoms with Gasteiger partial charge in [-0.25, -0.2) is 4.79 Å². The van der Waals surface area contributed by atoms with Gasteiger partial charge in [0.2, 0.25) is 0 Å². The van der Waals surface area contributed by atoms with E-state index in [1.165, 1.54) is 12.1 Å². The van der Waals surface area contributed by atoms with E-state index in [-0.39, 0.29) is 10.7 Å². The van der Waals surface area contributed by atoms with Crippen LogP contribution in [0.1, 0.15) is 15.9 Å². The normalized spacial score (nSPS) is 11.0. The number of hydrogen-bond acceptors (Lipinski definition) is 3. The maximum Gasteiger partial charge on any atom is 0.352 e. The predicted molar refractivity (Wildman–Crippen MR) is 112 cm³/mol. The number of halogens is 2. The molecule has 0 radical (unpaired) electrons. The van der Waals surface area contributed by atoms with Crippen LogP contribution in [0.25, 0.3) is 6.08 Å². The smallest absolute Gasteiger partial charge is 0.352 e. The van der Waals surface area contributed by atoms with Crippen molar-refractivity contribution < 1.29 is 19.4 Å². The van der Waals surface area contributed by atoms with Crippen molar-refractivity contribution in [3.05, 3.63) is 99.7 Å². The van der Waals surface area contributed by atoms with Crippen molar-refractivity contribution in [3.8, 4) is 11.5 Å². The molecule has 0 heterocycles. The van der Waals surface area contributed by atoms with Crippen molar-refractivity contribution in [3.63, 3.8) is 0 Å². The van der Waals surface area contributed by atoms with Crippen LogP contribution in [0.3, 0.4) is 0 Å². The molecule has 7 heteroatoms. The van der Waals surface area contributed by atoms with Crippen molar-refractivity contribution in [2.75, 3.05) is 0 Å². The van der Waals surface area contributed by atoms with Gasteiger partial charge in [0.15, 0.2) is 0 Å². The summed E-state index contributed by atoms with van der Waals surface area (Å²) in [6.45, 7) is 0. The van der Waals surface area contributed by atoms with E-state index in [4.69, 9.17) is 27.9 Å². The topological polar surface area (TPSA) is 75.6 Å². The van der Waals surface area contributed by atoms with Gasteiger partial charge < -0.3 is 15.2 Å². The fourth-order valence-electron chi connectivity index (χ4n) is 2.44. The van der Waals surface area contributed by atoms with Gasteiger partial charge in [-0.05, 0) is 48.0 Å². The summed E-state index contributed by atoms with van der Waals surface area (Å²) < 4.78 is 5.70. The number of aliphatic carboxylic acids is 1. The monoisotopic (exact) mass is 427 g/mol. The van der Waals surface area contributed by atoms with E-state index in [2.05, 4.69) is 5.32 Å². The van der Waals surface area contributed by atoms with Crippen LogP contribution in [-0.4, -0.2) is 17.0 Å². The van der Waals surface area contributed by atoms with E-state index in [1.54, 1.807) is 66.7 Å². The number of carboxylic acid groups (broad SMARTS) is 1. The van der Waals surface area contributed by atoms with Gasteiger partial charge in [0, 0.05) is 5.56 Å². The molecule has 1 amide bonds. The molecule has 2 N–H and O–H groups in total. The third-order valence-corrected chi connectivity index (χ3v) is 4.45. The fraction of sp³-hybridized carbons (Fsp3) is 0. The third-order valence-electron chi connectivity index (χ3n) is 3.84. The number of benzene rings is 3. The Morgan fingerprint density at radius 3 is 2.17 bits per heavy atom. The first-order chi connectivity index (χ1) is 13.9. The molecule has 0 spiro atoms. The van der Waals surface area contributed by atoms with Crippen LogP contribution in [0.15, 0.2) is 78.5 Å². The molecule has 0 aliphatic rings. The lowest BCUT2D eigenvalue weighted by Crippen LogP contribution is -2.27. The zero-order valence-electron chi connectivity index (χ0n) is 14.9. The number of para-hydroxylation sites is 1. The lowest BCUT2D eigenvalue weighted by atomic mass is 10.1. The molecule has 0 aliphatic carbocycles. The van der Waals surface area contributed by atoms with Crippen LogP contribution in [0.5, 0.6) is 11.5 Å². The van der Waals surface area contributed by atoms with Crippen molar-refractivity contribution in [2.45, 2.75) is 0 Å². The molecular weight excluding hydrogens is 413 g/mol. The van der Waals surface area contributed by atoms with Gasteiger partial charge in [-0.1, -0.05) is 59.6 Å². The zero-order chi connectivity index (χ0) is 20.8. The SMILES string of the molecule is O=C(O)C(=Cc1ccc(Oc2ccccc2Cl)c(Cl)c1)NC(=O)c1ccccc1. The molecule has 0 bridgehead atoms. The maximum atomic E-state index is 12.2. The molecular formula is C22H15Cl2NO4. The van der Waals surface area contributed by atoms with E-state index >= 15 is 0 Å². The summed E-state index contributed by atoms with van der Waals surface area (Å²) in [5.74, 6) is -0.992. The summed E-state index contributed by atoms with van der Waals surface area (Å²) in [6, 6.07) is 20.0. The second-order valence-electron chi connectivity index (χ2n) is 5.91. The zero-order valence-corrected chi connectivity index (χ0v) is 16.4. The van der Waals surface area contributed by atoms with Gasteiger partial charge in [0.1, 0.15) is 17.2 Å². The quantitative estimate of drug-likeness (QED) is 0.498. The molecule has 0 saturated carbocycles. The number of rotatable bonds is 6. The Balaban J connectivity index is 1.81. The highest BCUT2D eigenvalue weighted by atomic mass is 35.5. The van der Waals surface area contributed by atoms with Gasteiger partial charge in [-0.2, -0.15) is 0 Å². The first kappa shape index (κ1) is 20.5. The molecule has 0 aromatic heterocycles. The second kappa shape index (κ2) is 9.28. The molecule has 3 aromatic rings. The van der Waals surface area contributed by atoms with E-state index in [1.807, 2.05) is 0 Å². The van der Waals surface area contributed by atoms with Gasteiger partial charge in [-0.3, -0.25) is 4.79 Å². The maximum absolute atomic E-state index is 12.2. The Kier molecular flexibility index (Phi) is 6.54. The van der Waals surface area contributed by atoms with Crippen LogP contribution >= 0.6 is 23.2 Å². The average Bonchev–Trinajstić information content (AvgIpc) is 2.71. The Labute approximate surface area is 177 Å². The highest BCUT2D eigenvalue weighted by molar-refractivity contribution is 6.33. The first-order valence-corrected chi connectivity index (χ1v) is 9.23. The molecule has 0 saturated heterocycles. The van der Waals surface area contributed by atoms with Crippen LogP contribution < -0.4 is 10.1 Å². The van der Waals surface area contributed by atoms with E-state index < -0.39 is 11.9 Å². The van der Waals surface area contributed by atoms with E-state index in [9.17, 15) is 14.7 Å². The minimum Gasteiger partial charge on any atom is -0.477 e. The molecule has 0 unspecified atom stereocenters. The molecule has 29 heavy (non-hydrogen) atoms. The molecule has 3 rings (SSSR count). The lowest BCUT2D eigenvalue weighted by Gasteiger charge is -2.10. The summed E-state index contributed by atoms with van der Waals surface area (Å²) in [5.41, 5.74) is 0.545. The summed E-state index contributed by atoms with van der Waals surface area (Å²) >= 11 is 12.3. The number of carboxylic acids is 1. The van der Waals surface area contributed by atoms with Gasteiger partial charge in [0.25, 0.3) is 5.91 Å². The minimum absolute atomic E-state index is 0.262. The minimum atomic E-state index is -1.28. The second-order valence-corrected chi connectivity index (χ2v) is 6.72. The summed E-state index contributed by atoms with van der Waals surface area (Å²) in [5, 5.41) is 12.5. The average molecular weight is 428 g/mol. The molecule has 3 aromatic carbocycles. The molecule has 5 nitrogen and oxygen atoms in total. The number of carbonyl (C=O) groups is 2. The van der Waals surface area contributed by atoms with Crippen LogP contribution in [-0.2, 0) is 4.79 Å². The molecule has 146 valence electrons.